The van der Waals surface area contributed by atoms with Gasteiger partial charge in [-0.25, -0.2) is 9.78 Å². The molecule has 0 saturated carbocycles. The van der Waals surface area contributed by atoms with Crippen molar-refractivity contribution in [1.82, 2.24) is 20.1 Å². The molecule has 2 aromatic heterocycles. The zero-order valence-corrected chi connectivity index (χ0v) is 14.8. The Morgan fingerprint density at radius 1 is 1.28 bits per heavy atom. The molecule has 0 aliphatic carbocycles. The number of aryl methyl sites for hydroxylation is 3. The van der Waals surface area contributed by atoms with E-state index in [-0.39, 0.29) is 6.03 Å². The average Bonchev–Trinajstić information content (AvgIpc) is 2.87. The van der Waals surface area contributed by atoms with Crippen LogP contribution in [-0.2, 0) is 13.6 Å². The molecule has 7 nitrogen and oxygen atoms in total. The summed E-state index contributed by atoms with van der Waals surface area (Å²) in [5, 5.41) is 10.9. The van der Waals surface area contributed by atoms with Crippen molar-refractivity contribution in [3.8, 4) is 5.75 Å². The fourth-order valence-corrected chi connectivity index (χ4v) is 2.77. The second-order valence-corrected chi connectivity index (χ2v) is 5.93. The fourth-order valence-electron chi connectivity index (χ4n) is 2.77. The highest BCUT2D eigenvalue weighted by Gasteiger charge is 2.10. The Hall–Kier alpha value is -3.09. The smallest absolute Gasteiger partial charge is 0.319 e. The monoisotopic (exact) mass is 339 g/mol. The van der Waals surface area contributed by atoms with Gasteiger partial charge in [-0.05, 0) is 26.0 Å². The molecule has 0 atom stereocenters. The maximum Gasteiger partial charge on any atom is 0.319 e. The van der Waals surface area contributed by atoms with Gasteiger partial charge < -0.3 is 15.4 Å². The molecule has 0 radical (unpaired) electrons. The third-order valence-electron chi connectivity index (χ3n) is 4.00. The summed E-state index contributed by atoms with van der Waals surface area (Å²) in [5.41, 5.74) is 4.32. The van der Waals surface area contributed by atoms with Crippen molar-refractivity contribution in [2.75, 3.05) is 12.4 Å². The minimum atomic E-state index is -0.300. The van der Waals surface area contributed by atoms with E-state index in [2.05, 4.69) is 20.7 Å². The summed E-state index contributed by atoms with van der Waals surface area (Å²) in [6.07, 6.45) is 1.62. The summed E-state index contributed by atoms with van der Waals surface area (Å²) in [4.78, 5) is 16.5. The molecule has 2 N–H and O–H groups in total. The van der Waals surface area contributed by atoms with Crippen LogP contribution < -0.4 is 15.4 Å². The maximum absolute atomic E-state index is 12.2. The van der Waals surface area contributed by atoms with Crippen molar-refractivity contribution in [2.45, 2.75) is 20.4 Å². The maximum atomic E-state index is 12.2. The molecule has 3 rings (SSSR count). The van der Waals surface area contributed by atoms with Crippen molar-refractivity contribution in [3.05, 3.63) is 47.3 Å². The number of ether oxygens (including phenoxy) is 1. The van der Waals surface area contributed by atoms with Gasteiger partial charge in [-0.1, -0.05) is 17.7 Å². The molecule has 7 heteroatoms. The van der Waals surface area contributed by atoms with Gasteiger partial charge in [0.25, 0.3) is 0 Å². The molecule has 0 aliphatic rings. The molecule has 130 valence electrons. The molecule has 0 unspecified atom stereocenters. The molecular weight excluding hydrogens is 318 g/mol. The zero-order valence-electron chi connectivity index (χ0n) is 14.8. The number of carbonyl (C=O) groups is 1. The molecule has 0 bridgehead atoms. The lowest BCUT2D eigenvalue weighted by Gasteiger charge is -2.11. The summed E-state index contributed by atoms with van der Waals surface area (Å²) in [6.45, 7) is 4.29. The number of amides is 2. The Labute approximate surface area is 146 Å². The third-order valence-corrected chi connectivity index (χ3v) is 4.00. The van der Waals surface area contributed by atoms with E-state index in [0.29, 0.717) is 12.2 Å². The number of anilines is 1. The first-order valence-corrected chi connectivity index (χ1v) is 7.95. The van der Waals surface area contributed by atoms with E-state index in [4.69, 9.17) is 4.74 Å². The first-order chi connectivity index (χ1) is 12.0. The van der Waals surface area contributed by atoms with E-state index in [1.165, 1.54) is 0 Å². The van der Waals surface area contributed by atoms with Gasteiger partial charge in [0.15, 0.2) is 5.65 Å². The van der Waals surface area contributed by atoms with Gasteiger partial charge in [-0.2, -0.15) is 5.10 Å². The molecule has 0 aliphatic heterocycles. The highest BCUT2D eigenvalue weighted by Crippen LogP contribution is 2.20. The predicted octanol–water partition coefficient (Wildman–Crippen LogP) is 2.92. The molecule has 25 heavy (non-hydrogen) atoms. The van der Waals surface area contributed by atoms with Gasteiger partial charge in [0.05, 0.1) is 24.7 Å². The molecule has 3 aromatic rings. The molecule has 1 aromatic carbocycles. The van der Waals surface area contributed by atoms with E-state index in [9.17, 15) is 4.79 Å². The Balaban J connectivity index is 1.69. The third kappa shape index (κ3) is 3.55. The van der Waals surface area contributed by atoms with Crippen molar-refractivity contribution in [1.29, 1.82) is 0 Å². The summed E-state index contributed by atoms with van der Waals surface area (Å²) < 4.78 is 7.04. The van der Waals surface area contributed by atoms with Crippen LogP contribution in [0, 0.1) is 13.8 Å². The number of urea groups is 1. The number of methoxy groups -OCH3 is 1. The van der Waals surface area contributed by atoms with Crippen LogP contribution in [0.15, 0.2) is 30.5 Å². The summed E-state index contributed by atoms with van der Waals surface area (Å²) in [5.74, 6) is 0.750. The number of carbonyl (C=O) groups excluding carboxylic acids is 1. The standard InChI is InChI=1S/C18H21N5O2/c1-11-5-6-16(25-4)13(7-11)9-20-18(24)21-14-8-15-12(2)22-23(3)17(15)19-10-14/h5-8,10H,9H2,1-4H3,(H2,20,21,24). The van der Waals surface area contributed by atoms with Gasteiger partial charge in [0.1, 0.15) is 5.75 Å². The van der Waals surface area contributed by atoms with Crippen molar-refractivity contribution < 1.29 is 9.53 Å². The highest BCUT2D eigenvalue weighted by molar-refractivity contribution is 5.92. The number of nitrogens with one attached hydrogen (secondary N) is 2. The van der Waals surface area contributed by atoms with Gasteiger partial charge in [0.2, 0.25) is 0 Å². The molecule has 2 amide bonds. The van der Waals surface area contributed by atoms with Crippen molar-refractivity contribution in [2.24, 2.45) is 7.05 Å². The number of pyridine rings is 1. The second kappa shape index (κ2) is 6.80. The number of nitrogens with zero attached hydrogens (tertiary/aromatic N) is 3. The largest absolute Gasteiger partial charge is 0.496 e. The normalized spacial score (nSPS) is 10.7. The molecular formula is C18H21N5O2. The zero-order chi connectivity index (χ0) is 18.0. The van der Waals surface area contributed by atoms with Gasteiger partial charge in [-0.3, -0.25) is 4.68 Å². The van der Waals surface area contributed by atoms with Crippen LogP contribution >= 0.6 is 0 Å². The Morgan fingerprint density at radius 2 is 2.08 bits per heavy atom. The lowest BCUT2D eigenvalue weighted by atomic mass is 10.1. The summed E-state index contributed by atoms with van der Waals surface area (Å²) in [7, 11) is 3.46. The van der Waals surface area contributed by atoms with E-state index < -0.39 is 0 Å². The number of fused-ring (bicyclic) bond motifs is 1. The van der Waals surface area contributed by atoms with E-state index in [0.717, 1.165) is 33.6 Å². The number of benzene rings is 1. The van der Waals surface area contributed by atoms with E-state index in [1.807, 2.05) is 45.2 Å². The van der Waals surface area contributed by atoms with Gasteiger partial charge in [-0.15, -0.1) is 0 Å². The minimum absolute atomic E-state index is 0.300. The molecule has 0 spiro atoms. The lowest BCUT2D eigenvalue weighted by Crippen LogP contribution is -2.28. The van der Waals surface area contributed by atoms with Crippen LogP contribution in [0.5, 0.6) is 5.75 Å². The van der Waals surface area contributed by atoms with Crippen LogP contribution in [0.3, 0.4) is 0 Å². The first-order valence-electron chi connectivity index (χ1n) is 7.95. The summed E-state index contributed by atoms with van der Waals surface area (Å²) >= 11 is 0. The summed E-state index contributed by atoms with van der Waals surface area (Å²) in [6, 6.07) is 7.43. The van der Waals surface area contributed by atoms with Gasteiger partial charge >= 0.3 is 6.03 Å². The Morgan fingerprint density at radius 3 is 2.84 bits per heavy atom. The van der Waals surface area contributed by atoms with E-state index >= 15 is 0 Å². The topological polar surface area (TPSA) is 81.1 Å². The first kappa shape index (κ1) is 16.8. The quantitative estimate of drug-likeness (QED) is 0.766. The molecule has 0 saturated heterocycles. The van der Waals surface area contributed by atoms with Crippen LogP contribution in [0.2, 0.25) is 0 Å². The number of hydrogen-bond acceptors (Lipinski definition) is 4. The SMILES string of the molecule is COc1ccc(C)cc1CNC(=O)Nc1cnc2c(c1)c(C)nn2C. The second-order valence-electron chi connectivity index (χ2n) is 5.93. The number of rotatable bonds is 4. The van der Waals surface area contributed by atoms with E-state index in [1.54, 1.807) is 18.0 Å². The average molecular weight is 339 g/mol. The lowest BCUT2D eigenvalue weighted by molar-refractivity contribution is 0.251. The Kier molecular flexibility index (Phi) is 4.56. The fraction of sp³-hybridized carbons (Fsp3) is 0.278. The minimum Gasteiger partial charge on any atom is -0.496 e. The highest BCUT2D eigenvalue weighted by atomic mass is 16.5. The molecule has 2 heterocycles. The Bertz CT molecular complexity index is 933. The predicted molar refractivity (Wildman–Crippen MR) is 96.8 cm³/mol. The van der Waals surface area contributed by atoms with Crippen molar-refractivity contribution >= 4 is 22.8 Å². The van der Waals surface area contributed by atoms with Crippen LogP contribution in [0.25, 0.3) is 11.0 Å². The number of aromatic nitrogens is 3. The van der Waals surface area contributed by atoms with Crippen LogP contribution in [0.4, 0.5) is 10.5 Å². The van der Waals surface area contributed by atoms with Crippen LogP contribution in [0.1, 0.15) is 16.8 Å². The number of hydrogen-bond donors (Lipinski definition) is 2. The van der Waals surface area contributed by atoms with Crippen molar-refractivity contribution in [3.63, 3.8) is 0 Å². The molecule has 0 fully saturated rings. The van der Waals surface area contributed by atoms with Gasteiger partial charge in [0, 0.05) is 24.5 Å². The van der Waals surface area contributed by atoms with Crippen LogP contribution in [-0.4, -0.2) is 27.9 Å².